The van der Waals surface area contributed by atoms with E-state index in [0.717, 1.165) is 16.6 Å². The molecule has 1 N–H and O–H groups in total. The number of aryl methyl sites for hydroxylation is 1. The molecule has 0 spiro atoms. The first-order valence-electron chi connectivity index (χ1n) is 6.11. The number of aromatic carboxylic acids is 1. The van der Waals surface area contributed by atoms with Crippen molar-refractivity contribution in [2.24, 2.45) is 0 Å². The highest BCUT2D eigenvalue weighted by Crippen LogP contribution is 2.32. The Labute approximate surface area is 106 Å². The third kappa shape index (κ3) is 3.25. The molecule has 0 unspecified atom stereocenters. The summed E-state index contributed by atoms with van der Waals surface area (Å²) in [7, 11) is 0. The van der Waals surface area contributed by atoms with E-state index in [2.05, 4.69) is 0 Å². The molecule has 2 rings (SSSR count). The molecule has 0 radical (unpaired) electrons. The van der Waals surface area contributed by atoms with E-state index in [1.807, 2.05) is 24.8 Å². The van der Waals surface area contributed by atoms with Gasteiger partial charge in [-0.2, -0.15) is 11.8 Å². The Morgan fingerprint density at radius 1 is 1.41 bits per heavy atom. The molecule has 0 saturated heterocycles. The fourth-order valence-electron chi connectivity index (χ4n) is 2.25. The lowest BCUT2D eigenvalue weighted by molar-refractivity contribution is 0.0697. The molecule has 1 aliphatic carbocycles. The summed E-state index contributed by atoms with van der Waals surface area (Å²) >= 11 is 2.02. The smallest absolute Gasteiger partial charge is 0.335 e. The number of carboxylic acid groups (broad SMARTS) is 1. The lowest BCUT2D eigenvalue weighted by Crippen LogP contribution is -2.00. The van der Waals surface area contributed by atoms with Crippen molar-refractivity contribution in [3.8, 4) is 0 Å². The average Bonchev–Trinajstić information content (AvgIpc) is 2.80. The van der Waals surface area contributed by atoms with E-state index in [4.69, 9.17) is 5.11 Å². The zero-order valence-corrected chi connectivity index (χ0v) is 10.9. The molecule has 1 aliphatic rings. The Hall–Kier alpha value is -0.960. The van der Waals surface area contributed by atoms with Gasteiger partial charge < -0.3 is 5.11 Å². The Bertz CT molecular complexity index is 409. The lowest BCUT2D eigenvalue weighted by Gasteiger charge is -2.11. The molecule has 3 heteroatoms. The van der Waals surface area contributed by atoms with E-state index in [-0.39, 0.29) is 0 Å². The minimum Gasteiger partial charge on any atom is -0.478 e. The minimum absolute atomic E-state index is 0.386. The molecular weight excluding hydrogens is 232 g/mol. The van der Waals surface area contributed by atoms with Gasteiger partial charge >= 0.3 is 5.97 Å². The number of hydrogen-bond acceptors (Lipinski definition) is 2. The maximum atomic E-state index is 10.8. The first kappa shape index (κ1) is 12.5. The zero-order valence-electron chi connectivity index (χ0n) is 10.1. The molecule has 0 heterocycles. The van der Waals surface area contributed by atoms with Crippen molar-refractivity contribution in [1.82, 2.24) is 0 Å². The van der Waals surface area contributed by atoms with Crippen molar-refractivity contribution in [3.63, 3.8) is 0 Å². The predicted octanol–water partition coefficient (Wildman–Crippen LogP) is 3.87. The van der Waals surface area contributed by atoms with Crippen LogP contribution < -0.4 is 0 Å². The summed E-state index contributed by atoms with van der Waals surface area (Å²) in [5.41, 5.74) is 2.75. The fraction of sp³-hybridized carbons (Fsp3) is 0.500. The molecule has 0 aliphatic heterocycles. The van der Waals surface area contributed by atoms with Gasteiger partial charge in [0.25, 0.3) is 0 Å². The lowest BCUT2D eigenvalue weighted by atomic mass is 10.1. The van der Waals surface area contributed by atoms with E-state index < -0.39 is 5.97 Å². The highest BCUT2D eigenvalue weighted by molar-refractivity contribution is 7.99. The van der Waals surface area contributed by atoms with Crippen LogP contribution in [-0.2, 0) is 5.75 Å². The van der Waals surface area contributed by atoms with Crippen molar-refractivity contribution in [3.05, 3.63) is 34.9 Å². The average molecular weight is 250 g/mol. The predicted molar refractivity (Wildman–Crippen MR) is 71.7 cm³/mol. The van der Waals surface area contributed by atoms with Gasteiger partial charge in [-0.25, -0.2) is 4.79 Å². The first-order valence-corrected chi connectivity index (χ1v) is 7.16. The molecule has 0 atom stereocenters. The number of thioether (sulfide) groups is 1. The Morgan fingerprint density at radius 2 is 2.12 bits per heavy atom. The number of rotatable bonds is 4. The number of carbonyl (C=O) groups is 1. The second-order valence-electron chi connectivity index (χ2n) is 4.66. The molecule has 1 fully saturated rings. The minimum atomic E-state index is -0.844. The summed E-state index contributed by atoms with van der Waals surface area (Å²) in [5.74, 6) is 0.166. The van der Waals surface area contributed by atoms with Crippen LogP contribution in [0.2, 0.25) is 0 Å². The summed E-state index contributed by atoms with van der Waals surface area (Å²) in [6.07, 6.45) is 5.43. The van der Waals surface area contributed by atoms with Crippen LogP contribution in [0.3, 0.4) is 0 Å². The third-order valence-electron chi connectivity index (χ3n) is 3.37. The molecule has 1 saturated carbocycles. The highest BCUT2D eigenvalue weighted by atomic mass is 32.2. The third-order valence-corrected chi connectivity index (χ3v) is 4.79. The summed E-state index contributed by atoms with van der Waals surface area (Å²) in [5, 5.41) is 9.71. The monoisotopic (exact) mass is 250 g/mol. The summed E-state index contributed by atoms with van der Waals surface area (Å²) < 4.78 is 0. The topological polar surface area (TPSA) is 37.3 Å². The molecular formula is C14H18O2S. The van der Waals surface area contributed by atoms with Crippen LogP contribution in [0.25, 0.3) is 0 Å². The van der Waals surface area contributed by atoms with Crippen molar-refractivity contribution >= 4 is 17.7 Å². The van der Waals surface area contributed by atoms with Crippen LogP contribution in [0.1, 0.15) is 47.2 Å². The van der Waals surface area contributed by atoms with E-state index in [0.29, 0.717) is 5.56 Å². The SMILES string of the molecule is Cc1cc(C(=O)O)ccc1CSC1CCCC1. The maximum Gasteiger partial charge on any atom is 0.335 e. The largest absolute Gasteiger partial charge is 0.478 e. The van der Waals surface area contributed by atoms with Gasteiger partial charge in [-0.1, -0.05) is 18.9 Å². The van der Waals surface area contributed by atoms with Crippen molar-refractivity contribution in [2.45, 2.75) is 43.6 Å². The maximum absolute atomic E-state index is 10.8. The van der Waals surface area contributed by atoms with Crippen LogP contribution in [0.4, 0.5) is 0 Å². The van der Waals surface area contributed by atoms with Gasteiger partial charge in [0.1, 0.15) is 0 Å². The highest BCUT2D eigenvalue weighted by Gasteiger charge is 2.15. The van der Waals surface area contributed by atoms with Crippen molar-refractivity contribution in [1.29, 1.82) is 0 Å². The van der Waals surface area contributed by atoms with Crippen molar-refractivity contribution < 1.29 is 9.90 Å². The van der Waals surface area contributed by atoms with E-state index in [1.165, 1.54) is 31.2 Å². The molecule has 1 aromatic rings. The van der Waals surface area contributed by atoms with E-state index in [1.54, 1.807) is 12.1 Å². The molecule has 1 aromatic carbocycles. The second-order valence-corrected chi connectivity index (χ2v) is 5.95. The zero-order chi connectivity index (χ0) is 12.3. The molecule has 2 nitrogen and oxygen atoms in total. The fourth-order valence-corrected chi connectivity index (χ4v) is 3.66. The van der Waals surface area contributed by atoms with E-state index >= 15 is 0 Å². The van der Waals surface area contributed by atoms with Gasteiger partial charge in [-0.15, -0.1) is 0 Å². The van der Waals surface area contributed by atoms with Gasteiger partial charge in [0.05, 0.1) is 5.56 Å². The quantitative estimate of drug-likeness (QED) is 0.881. The Morgan fingerprint density at radius 3 is 2.71 bits per heavy atom. The van der Waals surface area contributed by atoms with Crippen LogP contribution in [0.5, 0.6) is 0 Å². The molecule has 0 aromatic heterocycles. The summed E-state index contributed by atoms with van der Waals surface area (Å²) in [6.45, 7) is 2.00. The van der Waals surface area contributed by atoms with Gasteiger partial charge in [-0.3, -0.25) is 0 Å². The van der Waals surface area contributed by atoms with Crippen LogP contribution in [0.15, 0.2) is 18.2 Å². The second kappa shape index (κ2) is 5.58. The van der Waals surface area contributed by atoms with Crippen molar-refractivity contribution in [2.75, 3.05) is 0 Å². The molecule has 0 amide bonds. The Kier molecular flexibility index (Phi) is 4.11. The number of hydrogen-bond donors (Lipinski definition) is 1. The standard InChI is InChI=1S/C14H18O2S/c1-10-8-11(14(15)16)6-7-12(10)9-17-13-4-2-3-5-13/h6-8,13H,2-5,9H2,1H3,(H,15,16). The normalized spacial score (nSPS) is 16.3. The molecule has 17 heavy (non-hydrogen) atoms. The van der Waals surface area contributed by atoms with E-state index in [9.17, 15) is 4.79 Å². The van der Waals surface area contributed by atoms with Gasteiger partial charge in [0, 0.05) is 11.0 Å². The number of benzene rings is 1. The first-order chi connectivity index (χ1) is 8.16. The Balaban J connectivity index is 1.98. The molecule has 92 valence electrons. The number of carboxylic acids is 1. The molecule has 0 bridgehead atoms. The van der Waals surface area contributed by atoms with Gasteiger partial charge in [0.2, 0.25) is 0 Å². The van der Waals surface area contributed by atoms with Gasteiger partial charge in [-0.05, 0) is 43.0 Å². The van der Waals surface area contributed by atoms with Crippen LogP contribution in [-0.4, -0.2) is 16.3 Å². The van der Waals surface area contributed by atoms with Gasteiger partial charge in [0.15, 0.2) is 0 Å². The van der Waals surface area contributed by atoms with Crippen LogP contribution >= 0.6 is 11.8 Å². The summed E-state index contributed by atoms with van der Waals surface area (Å²) in [4.78, 5) is 10.8. The summed E-state index contributed by atoms with van der Waals surface area (Å²) in [6, 6.07) is 5.44. The van der Waals surface area contributed by atoms with Crippen LogP contribution in [0, 0.1) is 6.92 Å².